The molecule has 3 aromatic carbocycles. The van der Waals surface area contributed by atoms with Crippen LogP contribution >= 0.6 is 11.6 Å². The van der Waals surface area contributed by atoms with Crippen LogP contribution in [0.1, 0.15) is 16.1 Å². The van der Waals surface area contributed by atoms with Gasteiger partial charge in [0.1, 0.15) is 23.0 Å². The standard InChI is InChI=1S/C25H21ClFN3O2/c1-28-19-8-13-23(22(26)15-19)30-14-2-3-24(30)25(31)29-16-17-4-9-20(10-5-17)32-21-11-6-18(27)7-12-21/h2-15,28H,16H2,1H3,(H,29,31). The molecule has 1 amide bonds. The highest BCUT2D eigenvalue weighted by Crippen LogP contribution is 2.26. The van der Waals surface area contributed by atoms with E-state index in [1.807, 2.05) is 37.4 Å². The largest absolute Gasteiger partial charge is 0.457 e. The van der Waals surface area contributed by atoms with E-state index in [0.717, 1.165) is 16.9 Å². The van der Waals surface area contributed by atoms with Gasteiger partial charge in [0.15, 0.2) is 0 Å². The Balaban J connectivity index is 1.40. The lowest BCUT2D eigenvalue weighted by Crippen LogP contribution is -2.25. The van der Waals surface area contributed by atoms with E-state index < -0.39 is 0 Å². The summed E-state index contributed by atoms with van der Waals surface area (Å²) in [6.07, 6.45) is 1.80. The van der Waals surface area contributed by atoms with Crippen molar-refractivity contribution in [2.24, 2.45) is 0 Å². The number of halogens is 2. The number of nitrogens with zero attached hydrogens (tertiary/aromatic N) is 1. The van der Waals surface area contributed by atoms with Crippen molar-refractivity contribution in [2.45, 2.75) is 6.54 Å². The van der Waals surface area contributed by atoms with Gasteiger partial charge in [0.2, 0.25) is 0 Å². The van der Waals surface area contributed by atoms with Gasteiger partial charge in [0, 0.05) is 25.5 Å². The monoisotopic (exact) mass is 449 g/mol. The second-order valence-corrected chi connectivity index (χ2v) is 7.47. The van der Waals surface area contributed by atoms with Gasteiger partial charge in [-0.3, -0.25) is 4.79 Å². The number of rotatable bonds is 7. The quantitative estimate of drug-likeness (QED) is 0.362. The Morgan fingerprint density at radius 2 is 1.69 bits per heavy atom. The summed E-state index contributed by atoms with van der Waals surface area (Å²) in [5.74, 6) is 0.650. The van der Waals surface area contributed by atoms with Crippen LogP contribution in [0, 0.1) is 5.82 Å². The number of hydrogen-bond donors (Lipinski definition) is 2. The number of aromatic nitrogens is 1. The molecule has 7 heteroatoms. The molecule has 0 aliphatic rings. The smallest absolute Gasteiger partial charge is 0.268 e. The normalized spacial score (nSPS) is 10.6. The number of carbonyl (C=O) groups excluding carboxylic acids is 1. The minimum absolute atomic E-state index is 0.213. The molecule has 0 saturated carbocycles. The molecule has 1 aromatic heterocycles. The SMILES string of the molecule is CNc1ccc(-n2cccc2C(=O)NCc2ccc(Oc3ccc(F)cc3)cc2)c(Cl)c1. The molecule has 4 aromatic rings. The summed E-state index contributed by atoms with van der Waals surface area (Å²) >= 11 is 6.41. The fourth-order valence-corrected chi connectivity index (χ4v) is 3.49. The van der Waals surface area contributed by atoms with Gasteiger partial charge < -0.3 is 19.9 Å². The molecular weight excluding hydrogens is 429 g/mol. The third-order valence-corrected chi connectivity index (χ3v) is 5.21. The second-order valence-electron chi connectivity index (χ2n) is 7.06. The number of hydrogen-bond acceptors (Lipinski definition) is 3. The van der Waals surface area contributed by atoms with E-state index in [1.165, 1.54) is 12.1 Å². The Labute approximate surface area is 190 Å². The van der Waals surface area contributed by atoms with E-state index in [2.05, 4.69) is 10.6 Å². The van der Waals surface area contributed by atoms with Crippen molar-refractivity contribution in [1.82, 2.24) is 9.88 Å². The minimum Gasteiger partial charge on any atom is -0.457 e. The Bertz CT molecular complexity index is 1220. The summed E-state index contributed by atoms with van der Waals surface area (Å²) in [5.41, 5.74) is 3.02. The molecule has 0 aliphatic heterocycles. The third kappa shape index (κ3) is 4.92. The zero-order valence-electron chi connectivity index (χ0n) is 17.3. The number of carbonyl (C=O) groups is 1. The summed E-state index contributed by atoms with van der Waals surface area (Å²) in [7, 11) is 1.82. The number of anilines is 1. The topological polar surface area (TPSA) is 55.3 Å². The van der Waals surface area contributed by atoms with Gasteiger partial charge in [-0.15, -0.1) is 0 Å². The molecule has 2 N–H and O–H groups in total. The lowest BCUT2D eigenvalue weighted by molar-refractivity contribution is 0.0944. The van der Waals surface area contributed by atoms with E-state index in [1.54, 1.807) is 47.2 Å². The summed E-state index contributed by atoms with van der Waals surface area (Å²) in [5, 5.41) is 6.51. The molecule has 0 fully saturated rings. The van der Waals surface area contributed by atoms with Crippen molar-refractivity contribution in [3.63, 3.8) is 0 Å². The van der Waals surface area contributed by atoms with Crippen molar-refractivity contribution in [3.8, 4) is 17.2 Å². The zero-order chi connectivity index (χ0) is 22.5. The zero-order valence-corrected chi connectivity index (χ0v) is 18.1. The fourth-order valence-electron chi connectivity index (χ4n) is 3.22. The molecular formula is C25H21ClFN3O2. The van der Waals surface area contributed by atoms with Crippen molar-refractivity contribution in [1.29, 1.82) is 0 Å². The maximum Gasteiger partial charge on any atom is 0.268 e. The highest BCUT2D eigenvalue weighted by molar-refractivity contribution is 6.32. The second kappa shape index (κ2) is 9.58. The summed E-state index contributed by atoms with van der Waals surface area (Å²) in [6, 6.07) is 22.3. The van der Waals surface area contributed by atoms with Gasteiger partial charge in [-0.25, -0.2) is 4.39 Å². The first kappa shape index (κ1) is 21.5. The van der Waals surface area contributed by atoms with Crippen LogP contribution in [-0.2, 0) is 6.54 Å². The molecule has 4 rings (SSSR count). The highest BCUT2D eigenvalue weighted by atomic mass is 35.5. The van der Waals surface area contributed by atoms with Crippen LogP contribution in [0.15, 0.2) is 85.1 Å². The van der Waals surface area contributed by atoms with Gasteiger partial charge in [0.05, 0.1) is 10.7 Å². The number of ether oxygens (including phenoxy) is 1. The molecule has 1 heterocycles. The first-order chi connectivity index (χ1) is 15.5. The van der Waals surface area contributed by atoms with E-state index in [-0.39, 0.29) is 11.7 Å². The van der Waals surface area contributed by atoms with Crippen molar-refractivity contribution >= 4 is 23.2 Å². The first-order valence-electron chi connectivity index (χ1n) is 9.99. The molecule has 0 unspecified atom stereocenters. The lowest BCUT2D eigenvalue weighted by atomic mass is 10.2. The van der Waals surface area contributed by atoms with Crippen molar-refractivity contribution in [2.75, 3.05) is 12.4 Å². The Morgan fingerprint density at radius 3 is 2.34 bits per heavy atom. The number of nitrogens with one attached hydrogen (secondary N) is 2. The average Bonchev–Trinajstić information content (AvgIpc) is 3.29. The molecule has 5 nitrogen and oxygen atoms in total. The van der Waals surface area contributed by atoms with Crippen LogP contribution in [0.5, 0.6) is 11.5 Å². The first-order valence-corrected chi connectivity index (χ1v) is 10.4. The maximum atomic E-state index is 13.0. The molecule has 0 bridgehead atoms. The highest BCUT2D eigenvalue weighted by Gasteiger charge is 2.14. The predicted octanol–water partition coefficient (Wildman–Crippen LogP) is 6.03. The van der Waals surface area contributed by atoms with Crippen LogP contribution in [0.4, 0.5) is 10.1 Å². The number of benzene rings is 3. The molecule has 0 aliphatic carbocycles. The van der Waals surface area contributed by atoms with Crippen LogP contribution < -0.4 is 15.4 Å². The maximum absolute atomic E-state index is 13.0. The van der Waals surface area contributed by atoms with Gasteiger partial charge in [-0.1, -0.05) is 23.7 Å². The fraction of sp³-hybridized carbons (Fsp3) is 0.0800. The number of amides is 1. The minimum atomic E-state index is -0.313. The van der Waals surface area contributed by atoms with Gasteiger partial charge in [-0.05, 0) is 72.3 Å². The van der Waals surface area contributed by atoms with E-state index in [0.29, 0.717) is 28.8 Å². The molecule has 162 valence electrons. The van der Waals surface area contributed by atoms with Gasteiger partial charge in [-0.2, -0.15) is 0 Å². The van der Waals surface area contributed by atoms with Crippen LogP contribution in [0.25, 0.3) is 5.69 Å². The van der Waals surface area contributed by atoms with Crippen LogP contribution in [-0.4, -0.2) is 17.5 Å². The van der Waals surface area contributed by atoms with Crippen molar-refractivity contribution in [3.05, 3.63) is 107 Å². The molecule has 0 atom stereocenters. The van der Waals surface area contributed by atoms with Gasteiger partial charge >= 0.3 is 0 Å². The van der Waals surface area contributed by atoms with Crippen molar-refractivity contribution < 1.29 is 13.9 Å². The molecule has 0 spiro atoms. The summed E-state index contributed by atoms with van der Waals surface area (Å²) in [4.78, 5) is 12.8. The predicted molar refractivity (Wildman–Crippen MR) is 124 cm³/mol. The van der Waals surface area contributed by atoms with E-state index >= 15 is 0 Å². The van der Waals surface area contributed by atoms with E-state index in [9.17, 15) is 9.18 Å². The Kier molecular flexibility index (Phi) is 6.42. The van der Waals surface area contributed by atoms with E-state index in [4.69, 9.17) is 16.3 Å². The molecule has 32 heavy (non-hydrogen) atoms. The Morgan fingerprint density at radius 1 is 1.00 bits per heavy atom. The third-order valence-electron chi connectivity index (χ3n) is 4.90. The molecule has 0 saturated heterocycles. The summed E-state index contributed by atoms with van der Waals surface area (Å²) < 4.78 is 20.5. The average molecular weight is 450 g/mol. The van der Waals surface area contributed by atoms with Gasteiger partial charge in [0.25, 0.3) is 5.91 Å². The van der Waals surface area contributed by atoms with Crippen LogP contribution in [0.2, 0.25) is 5.02 Å². The summed E-state index contributed by atoms with van der Waals surface area (Å²) in [6.45, 7) is 0.354. The van der Waals surface area contributed by atoms with Crippen LogP contribution in [0.3, 0.4) is 0 Å². The lowest BCUT2D eigenvalue weighted by Gasteiger charge is -2.13. The molecule has 0 radical (unpaired) electrons. The Hall–Kier alpha value is -3.77.